The van der Waals surface area contributed by atoms with Crippen LogP contribution >= 0.6 is 11.8 Å². The number of hydrogen-bond acceptors (Lipinski definition) is 7. The van der Waals surface area contributed by atoms with E-state index >= 15 is 0 Å². The first kappa shape index (κ1) is 17.2. The van der Waals surface area contributed by atoms with Crippen molar-refractivity contribution in [3.8, 4) is 0 Å². The topological polar surface area (TPSA) is 113 Å². The number of fused-ring (bicyclic) bond motifs is 2. The molecular formula is C19H19N7OS. The van der Waals surface area contributed by atoms with E-state index in [2.05, 4.69) is 31.3 Å². The molecule has 1 aromatic carbocycles. The van der Waals surface area contributed by atoms with Crippen molar-refractivity contribution in [1.82, 2.24) is 25.3 Å². The summed E-state index contributed by atoms with van der Waals surface area (Å²) in [6.45, 7) is 0.751. The van der Waals surface area contributed by atoms with Gasteiger partial charge in [-0.2, -0.15) is 0 Å². The molecule has 3 aromatic rings. The molecule has 0 saturated heterocycles. The van der Waals surface area contributed by atoms with Crippen LogP contribution in [0.2, 0.25) is 0 Å². The number of nitrogens with one attached hydrogen (secondary N) is 2. The number of hydrogen-bond donors (Lipinski definition) is 3. The summed E-state index contributed by atoms with van der Waals surface area (Å²) < 4.78 is 0. The predicted molar refractivity (Wildman–Crippen MR) is 109 cm³/mol. The normalized spacial score (nSPS) is 21.5. The lowest BCUT2D eigenvalue weighted by atomic mass is 10.1. The first-order chi connectivity index (χ1) is 13.7. The van der Waals surface area contributed by atoms with Crippen molar-refractivity contribution in [2.45, 2.75) is 18.5 Å². The average molecular weight is 393 g/mol. The van der Waals surface area contributed by atoms with E-state index in [9.17, 15) is 4.79 Å². The summed E-state index contributed by atoms with van der Waals surface area (Å²) in [5, 5.41) is 3.12. The second kappa shape index (κ2) is 6.92. The number of nitrogens with two attached hydrogens (primary N) is 1. The van der Waals surface area contributed by atoms with Gasteiger partial charge in [-0.3, -0.25) is 4.79 Å². The van der Waals surface area contributed by atoms with Crippen LogP contribution in [0.3, 0.4) is 0 Å². The van der Waals surface area contributed by atoms with Crippen LogP contribution in [-0.2, 0) is 11.2 Å². The van der Waals surface area contributed by atoms with Crippen LogP contribution in [0.4, 0.5) is 5.82 Å². The van der Waals surface area contributed by atoms with Gasteiger partial charge in [0, 0.05) is 18.5 Å². The zero-order valence-corrected chi connectivity index (χ0v) is 15.8. The number of benzene rings is 1. The number of H-pyrrole nitrogens is 1. The maximum atomic E-state index is 12.9. The number of thioether (sulfide) groups is 1. The number of aromatic nitrogens is 4. The monoisotopic (exact) mass is 393 g/mol. The summed E-state index contributed by atoms with van der Waals surface area (Å²) in [5.41, 5.74) is 10.0. The highest BCUT2D eigenvalue weighted by molar-refractivity contribution is 8.04. The summed E-state index contributed by atoms with van der Waals surface area (Å²) in [7, 11) is 0. The van der Waals surface area contributed by atoms with Gasteiger partial charge in [-0.15, -0.1) is 11.8 Å². The highest BCUT2D eigenvalue weighted by atomic mass is 32.2. The maximum absolute atomic E-state index is 12.9. The third-order valence-corrected chi connectivity index (χ3v) is 6.15. The number of amides is 1. The molecule has 3 heterocycles. The van der Waals surface area contributed by atoms with Crippen molar-refractivity contribution in [1.29, 1.82) is 0 Å². The molecule has 2 aromatic heterocycles. The van der Waals surface area contributed by atoms with Crippen molar-refractivity contribution in [2.24, 2.45) is 5.73 Å². The molecule has 4 N–H and O–H groups in total. The smallest absolute Gasteiger partial charge is 0.259 e. The van der Waals surface area contributed by atoms with E-state index in [-0.39, 0.29) is 18.0 Å². The largest absolute Gasteiger partial charge is 0.347 e. The zero-order chi connectivity index (χ0) is 19.1. The number of nitrogens with zero attached hydrogens (tertiary/aromatic N) is 4. The van der Waals surface area contributed by atoms with E-state index in [1.54, 1.807) is 18.1 Å². The summed E-state index contributed by atoms with van der Waals surface area (Å²) in [6.07, 6.45) is 5.69. The lowest BCUT2D eigenvalue weighted by Gasteiger charge is -2.26. The molecule has 0 saturated carbocycles. The van der Waals surface area contributed by atoms with E-state index in [1.807, 2.05) is 29.3 Å². The molecule has 1 aliphatic heterocycles. The number of rotatable bonds is 3. The SMILES string of the molecule is N[C@H]1c2ccccc2C[C@@H]1NC(=O)C1=CN(c2ncnc3nc[nH]c23)CCS1. The Hall–Kier alpha value is -2.91. The standard InChI is InChI=1S/C19H19N7OS/c20-15-12-4-2-1-3-11(12)7-13(15)25-19(27)14-8-26(5-6-28-14)18-16-17(22-9-21-16)23-10-24-18/h1-4,8-10,13,15H,5-7,20H2,(H,25,27)(H,21,22,23,24)/t13-,15-/m0/s1. The van der Waals surface area contributed by atoms with Crippen molar-refractivity contribution >= 4 is 34.7 Å². The summed E-state index contributed by atoms with van der Waals surface area (Å²) >= 11 is 1.54. The van der Waals surface area contributed by atoms with E-state index in [4.69, 9.17) is 5.73 Å². The van der Waals surface area contributed by atoms with Gasteiger partial charge in [0.15, 0.2) is 11.5 Å². The minimum atomic E-state index is -0.183. The van der Waals surface area contributed by atoms with Gasteiger partial charge in [0.25, 0.3) is 5.91 Å². The van der Waals surface area contributed by atoms with Crippen LogP contribution in [0.15, 0.2) is 48.0 Å². The van der Waals surface area contributed by atoms with E-state index < -0.39 is 0 Å². The highest BCUT2D eigenvalue weighted by Crippen LogP contribution is 2.31. The number of anilines is 1. The van der Waals surface area contributed by atoms with Gasteiger partial charge in [0.05, 0.1) is 23.3 Å². The fraction of sp³-hybridized carbons (Fsp3) is 0.263. The summed E-state index contributed by atoms with van der Waals surface area (Å²) in [4.78, 5) is 31.3. The van der Waals surface area contributed by atoms with Crippen molar-refractivity contribution in [2.75, 3.05) is 17.2 Å². The Morgan fingerprint density at radius 2 is 2.18 bits per heavy atom. The Kier molecular flexibility index (Phi) is 4.25. The van der Waals surface area contributed by atoms with Crippen LogP contribution in [0, 0.1) is 0 Å². The molecule has 9 heteroatoms. The molecule has 0 spiro atoms. The van der Waals surface area contributed by atoms with E-state index in [0.29, 0.717) is 10.6 Å². The number of carbonyl (C=O) groups is 1. The Labute approximate surface area is 165 Å². The molecular weight excluding hydrogens is 374 g/mol. The van der Waals surface area contributed by atoms with Crippen LogP contribution in [0.5, 0.6) is 0 Å². The number of imidazole rings is 1. The van der Waals surface area contributed by atoms with E-state index in [0.717, 1.165) is 35.6 Å². The summed E-state index contributed by atoms with van der Waals surface area (Å²) in [6, 6.07) is 7.82. The van der Waals surface area contributed by atoms with Gasteiger partial charge in [0.1, 0.15) is 11.8 Å². The number of aromatic amines is 1. The lowest BCUT2D eigenvalue weighted by Crippen LogP contribution is -2.42. The third kappa shape index (κ3) is 2.92. The lowest BCUT2D eigenvalue weighted by molar-refractivity contribution is -0.117. The molecule has 8 nitrogen and oxygen atoms in total. The summed E-state index contributed by atoms with van der Waals surface area (Å²) in [5.74, 6) is 1.41. The first-order valence-corrected chi connectivity index (χ1v) is 10.1. The van der Waals surface area contributed by atoms with Crippen molar-refractivity contribution in [3.63, 3.8) is 0 Å². The van der Waals surface area contributed by atoms with Crippen LogP contribution < -0.4 is 16.0 Å². The van der Waals surface area contributed by atoms with Crippen molar-refractivity contribution in [3.05, 3.63) is 59.2 Å². The fourth-order valence-electron chi connectivity index (χ4n) is 3.76. The average Bonchev–Trinajstić information content (AvgIpc) is 3.33. The minimum absolute atomic E-state index is 0.0971. The quantitative estimate of drug-likeness (QED) is 0.618. The fourth-order valence-corrected chi connectivity index (χ4v) is 4.66. The zero-order valence-electron chi connectivity index (χ0n) is 15.0. The van der Waals surface area contributed by atoms with E-state index in [1.165, 1.54) is 11.9 Å². The Morgan fingerprint density at radius 3 is 3.07 bits per heavy atom. The molecule has 5 rings (SSSR count). The van der Waals surface area contributed by atoms with Gasteiger partial charge >= 0.3 is 0 Å². The second-order valence-corrected chi connectivity index (χ2v) is 7.98. The van der Waals surface area contributed by atoms with Gasteiger partial charge in [0.2, 0.25) is 0 Å². The molecule has 28 heavy (non-hydrogen) atoms. The molecule has 0 radical (unpaired) electrons. The third-order valence-electron chi connectivity index (χ3n) is 5.17. The van der Waals surface area contributed by atoms with Gasteiger partial charge < -0.3 is 20.9 Å². The predicted octanol–water partition coefficient (Wildman–Crippen LogP) is 1.49. The van der Waals surface area contributed by atoms with Gasteiger partial charge in [-0.25, -0.2) is 15.0 Å². The van der Waals surface area contributed by atoms with Crippen LogP contribution in [0.1, 0.15) is 17.2 Å². The maximum Gasteiger partial charge on any atom is 0.259 e. The van der Waals surface area contributed by atoms with Crippen molar-refractivity contribution < 1.29 is 4.79 Å². The Balaban J connectivity index is 1.36. The highest BCUT2D eigenvalue weighted by Gasteiger charge is 2.31. The Bertz CT molecular complexity index is 1080. The molecule has 142 valence electrons. The molecule has 1 aliphatic carbocycles. The van der Waals surface area contributed by atoms with Gasteiger partial charge in [-0.1, -0.05) is 24.3 Å². The molecule has 2 aliphatic rings. The van der Waals surface area contributed by atoms with Crippen LogP contribution in [0.25, 0.3) is 11.2 Å². The molecule has 0 bridgehead atoms. The first-order valence-electron chi connectivity index (χ1n) is 9.10. The van der Waals surface area contributed by atoms with Crippen LogP contribution in [-0.4, -0.2) is 44.2 Å². The number of carbonyl (C=O) groups excluding carboxylic acids is 1. The Morgan fingerprint density at radius 1 is 1.29 bits per heavy atom. The molecule has 2 atom stereocenters. The van der Waals surface area contributed by atoms with Gasteiger partial charge in [-0.05, 0) is 17.5 Å². The molecule has 0 fully saturated rings. The second-order valence-electron chi connectivity index (χ2n) is 6.84. The molecule has 1 amide bonds. The minimum Gasteiger partial charge on any atom is -0.347 e. The molecule has 0 unspecified atom stereocenters.